The van der Waals surface area contributed by atoms with E-state index in [2.05, 4.69) is 5.32 Å². The third kappa shape index (κ3) is 4.84. The van der Waals surface area contributed by atoms with E-state index in [1.54, 1.807) is 31.2 Å². The zero-order valence-electron chi connectivity index (χ0n) is 17.3. The van der Waals surface area contributed by atoms with E-state index in [0.29, 0.717) is 16.2 Å². The van der Waals surface area contributed by atoms with Gasteiger partial charge in [-0.3, -0.25) is 9.59 Å². The van der Waals surface area contributed by atoms with Crippen molar-refractivity contribution in [2.45, 2.75) is 11.2 Å². The molecule has 0 spiro atoms. The molecule has 1 N–H and O–H groups in total. The second-order valence-corrected chi connectivity index (χ2v) is 7.63. The first-order valence-corrected chi connectivity index (χ1v) is 10.1. The largest absolute Gasteiger partial charge is 0.497 e. The zero-order valence-corrected chi connectivity index (χ0v) is 18.1. The van der Waals surface area contributed by atoms with E-state index in [9.17, 15) is 9.59 Å². The molecule has 158 valence electrons. The van der Waals surface area contributed by atoms with E-state index < -0.39 is 6.29 Å². The number of methoxy groups -OCH3 is 3. The summed E-state index contributed by atoms with van der Waals surface area (Å²) in [5, 5.41) is 2.76. The van der Waals surface area contributed by atoms with Crippen LogP contribution in [0.25, 0.3) is 6.08 Å². The maximum absolute atomic E-state index is 12.9. The van der Waals surface area contributed by atoms with Crippen LogP contribution in [0.5, 0.6) is 5.75 Å². The van der Waals surface area contributed by atoms with Crippen LogP contribution in [0, 0.1) is 0 Å². The molecule has 0 aliphatic carbocycles. The number of hydrogen-bond donors (Lipinski definition) is 1. The molecule has 30 heavy (non-hydrogen) atoms. The van der Waals surface area contributed by atoms with Gasteiger partial charge in [0.15, 0.2) is 6.29 Å². The van der Waals surface area contributed by atoms with Crippen molar-refractivity contribution in [2.75, 3.05) is 39.8 Å². The number of thioether (sulfide) groups is 1. The van der Waals surface area contributed by atoms with Gasteiger partial charge in [0.25, 0.3) is 11.8 Å². The molecule has 1 heterocycles. The minimum absolute atomic E-state index is 0.125. The third-order valence-corrected chi connectivity index (χ3v) is 5.76. The molecule has 2 aromatic carbocycles. The molecule has 8 heteroatoms. The third-order valence-electron chi connectivity index (χ3n) is 4.69. The molecule has 0 saturated carbocycles. The van der Waals surface area contributed by atoms with Crippen molar-refractivity contribution in [2.24, 2.45) is 0 Å². The van der Waals surface area contributed by atoms with Crippen molar-refractivity contribution >= 4 is 35.3 Å². The smallest absolute Gasteiger partial charge is 0.264 e. The Morgan fingerprint density at radius 1 is 1.13 bits per heavy atom. The molecule has 3 rings (SSSR count). The van der Waals surface area contributed by atoms with Gasteiger partial charge in [-0.15, -0.1) is 0 Å². The Hall–Kier alpha value is -2.81. The highest BCUT2D eigenvalue weighted by atomic mass is 32.2. The van der Waals surface area contributed by atoms with E-state index in [1.165, 1.54) is 26.0 Å². The average Bonchev–Trinajstić information content (AvgIpc) is 2.78. The zero-order chi connectivity index (χ0) is 21.7. The molecule has 1 aliphatic heterocycles. The summed E-state index contributed by atoms with van der Waals surface area (Å²) in [4.78, 5) is 28.4. The second kappa shape index (κ2) is 9.80. The highest BCUT2D eigenvalue weighted by Crippen LogP contribution is 2.42. The number of benzene rings is 2. The van der Waals surface area contributed by atoms with Crippen molar-refractivity contribution in [3.05, 3.63) is 58.5 Å². The van der Waals surface area contributed by atoms with Gasteiger partial charge < -0.3 is 24.4 Å². The number of nitrogens with zero attached hydrogens (tertiary/aromatic N) is 1. The van der Waals surface area contributed by atoms with Gasteiger partial charge in [-0.05, 0) is 42.0 Å². The first-order valence-electron chi connectivity index (χ1n) is 9.26. The van der Waals surface area contributed by atoms with Gasteiger partial charge in [-0.25, -0.2) is 0 Å². The minimum Gasteiger partial charge on any atom is -0.497 e. The Balaban J connectivity index is 1.79. The van der Waals surface area contributed by atoms with Gasteiger partial charge in [0, 0.05) is 31.7 Å². The van der Waals surface area contributed by atoms with E-state index in [0.717, 1.165) is 16.2 Å². The molecule has 0 radical (unpaired) electrons. The summed E-state index contributed by atoms with van der Waals surface area (Å²) in [6, 6.07) is 12.8. The molecule has 0 atom stereocenters. The lowest BCUT2D eigenvalue weighted by molar-refractivity contribution is -0.114. The van der Waals surface area contributed by atoms with Crippen LogP contribution in [0.15, 0.2) is 52.3 Å². The van der Waals surface area contributed by atoms with Crippen LogP contribution in [0.1, 0.15) is 15.9 Å². The van der Waals surface area contributed by atoms with Gasteiger partial charge in [-0.2, -0.15) is 0 Å². The van der Waals surface area contributed by atoms with Gasteiger partial charge in [-0.1, -0.05) is 23.9 Å². The Morgan fingerprint density at radius 2 is 1.83 bits per heavy atom. The first-order chi connectivity index (χ1) is 14.5. The van der Waals surface area contributed by atoms with Gasteiger partial charge in [0.05, 0.1) is 24.2 Å². The minimum atomic E-state index is -0.517. The van der Waals surface area contributed by atoms with Crippen LogP contribution in [0.3, 0.4) is 0 Å². The number of fused-ring (bicyclic) bond motifs is 1. The van der Waals surface area contributed by atoms with Crippen LogP contribution in [-0.4, -0.2) is 53.0 Å². The standard InChI is InChI=1S/C22H24N2O5S/c1-24-17-12-15(21(25)23-13-20(28-3)29-4)7-10-18(17)30-19(22(24)26)11-14-5-8-16(27-2)9-6-14/h5-12,20H,13H2,1-4H3,(H,23,25). The van der Waals surface area contributed by atoms with Crippen molar-refractivity contribution in [3.8, 4) is 5.75 Å². The molecule has 0 saturated heterocycles. The molecule has 2 amide bonds. The van der Waals surface area contributed by atoms with E-state index in [4.69, 9.17) is 14.2 Å². The summed E-state index contributed by atoms with van der Waals surface area (Å²) in [6.45, 7) is 0.223. The number of nitrogens with one attached hydrogen (secondary N) is 1. The van der Waals surface area contributed by atoms with Gasteiger partial charge in [0.2, 0.25) is 0 Å². The second-order valence-electron chi connectivity index (χ2n) is 6.54. The number of anilines is 1. The molecule has 0 bridgehead atoms. The molecule has 2 aromatic rings. The summed E-state index contributed by atoms with van der Waals surface area (Å²) >= 11 is 1.39. The van der Waals surface area contributed by atoms with Crippen molar-refractivity contribution in [3.63, 3.8) is 0 Å². The predicted octanol–water partition coefficient (Wildman–Crippen LogP) is 3.15. The van der Waals surface area contributed by atoms with Crippen LogP contribution < -0.4 is 15.0 Å². The number of carbonyl (C=O) groups excluding carboxylic acids is 2. The monoisotopic (exact) mass is 428 g/mol. The van der Waals surface area contributed by atoms with E-state index in [1.807, 2.05) is 36.4 Å². The van der Waals surface area contributed by atoms with E-state index in [-0.39, 0.29) is 18.4 Å². The molecular weight excluding hydrogens is 404 g/mol. The lowest BCUT2D eigenvalue weighted by Gasteiger charge is -2.27. The fraction of sp³-hybridized carbons (Fsp3) is 0.273. The average molecular weight is 429 g/mol. The molecule has 0 aromatic heterocycles. The molecular formula is C22H24N2O5S. The lowest BCUT2D eigenvalue weighted by Crippen LogP contribution is -2.34. The summed E-state index contributed by atoms with van der Waals surface area (Å²) < 4.78 is 15.3. The quantitative estimate of drug-likeness (QED) is 0.539. The Bertz CT molecular complexity index is 955. The highest BCUT2D eigenvalue weighted by molar-refractivity contribution is 8.04. The van der Waals surface area contributed by atoms with Crippen molar-refractivity contribution < 1.29 is 23.8 Å². The summed E-state index contributed by atoms with van der Waals surface area (Å²) in [6.07, 6.45) is 1.33. The Kier molecular flexibility index (Phi) is 7.15. The number of carbonyl (C=O) groups is 2. The lowest BCUT2D eigenvalue weighted by atomic mass is 10.1. The molecule has 1 aliphatic rings. The fourth-order valence-electron chi connectivity index (χ4n) is 2.93. The molecule has 0 unspecified atom stereocenters. The maximum atomic E-state index is 12.9. The van der Waals surface area contributed by atoms with Crippen LogP contribution in [-0.2, 0) is 14.3 Å². The first kappa shape index (κ1) is 21.9. The Labute approximate surface area is 180 Å². The summed E-state index contributed by atoms with van der Waals surface area (Å²) in [7, 11) is 6.33. The number of hydrogen-bond acceptors (Lipinski definition) is 6. The molecule has 7 nitrogen and oxygen atoms in total. The number of likely N-dealkylation sites (N-methyl/N-ethyl adjacent to an activating group) is 1. The highest BCUT2D eigenvalue weighted by Gasteiger charge is 2.27. The molecule has 0 fully saturated rings. The van der Waals surface area contributed by atoms with Gasteiger partial charge in [0.1, 0.15) is 5.75 Å². The van der Waals surface area contributed by atoms with Crippen molar-refractivity contribution in [1.82, 2.24) is 5.32 Å². The predicted molar refractivity (Wildman–Crippen MR) is 117 cm³/mol. The van der Waals surface area contributed by atoms with Crippen LogP contribution in [0.4, 0.5) is 5.69 Å². The van der Waals surface area contributed by atoms with Crippen molar-refractivity contribution in [1.29, 1.82) is 0 Å². The fourth-order valence-corrected chi connectivity index (χ4v) is 4.02. The van der Waals surface area contributed by atoms with Gasteiger partial charge >= 0.3 is 0 Å². The summed E-state index contributed by atoms with van der Waals surface area (Å²) in [5.41, 5.74) is 2.06. The van der Waals surface area contributed by atoms with Crippen LogP contribution in [0.2, 0.25) is 0 Å². The number of ether oxygens (including phenoxy) is 3. The Morgan fingerprint density at radius 3 is 2.47 bits per heavy atom. The number of rotatable bonds is 7. The SMILES string of the molecule is COc1ccc(C=C2Sc3ccc(C(=O)NCC(OC)OC)cc3N(C)C2=O)cc1. The van der Waals surface area contributed by atoms with E-state index >= 15 is 0 Å². The number of amides is 2. The topological polar surface area (TPSA) is 77.1 Å². The van der Waals surface area contributed by atoms with Crippen LogP contribution >= 0.6 is 11.8 Å². The maximum Gasteiger partial charge on any atom is 0.264 e. The normalized spacial score (nSPS) is 14.8. The summed E-state index contributed by atoms with van der Waals surface area (Å²) in [5.74, 6) is 0.373.